The smallest absolute Gasteiger partial charge is 0.219 e. The van der Waals surface area contributed by atoms with E-state index in [1.54, 1.807) is 6.20 Å². The summed E-state index contributed by atoms with van der Waals surface area (Å²) in [5, 5.41) is 9.08. The van der Waals surface area contributed by atoms with Crippen molar-refractivity contribution in [1.29, 1.82) is 0 Å². The third-order valence-electron chi connectivity index (χ3n) is 8.60. The highest BCUT2D eigenvalue weighted by molar-refractivity contribution is 5.83. The van der Waals surface area contributed by atoms with Gasteiger partial charge in [0.2, 0.25) is 5.88 Å². The van der Waals surface area contributed by atoms with Crippen molar-refractivity contribution in [2.45, 2.75) is 95.7 Å². The third-order valence-corrected chi connectivity index (χ3v) is 8.60. The lowest BCUT2D eigenvalue weighted by atomic mass is 9.81. The Morgan fingerprint density at radius 3 is 2.53 bits per heavy atom. The average molecular weight is 514 g/mol. The van der Waals surface area contributed by atoms with Crippen LogP contribution < -0.4 is 10.5 Å². The van der Waals surface area contributed by atoms with Crippen LogP contribution in [0.2, 0.25) is 0 Å². The number of nitrogens with zero attached hydrogens (tertiary/aromatic N) is 6. The molecular weight excluding hydrogens is 474 g/mol. The molecule has 3 aromatic rings. The van der Waals surface area contributed by atoms with Gasteiger partial charge in [-0.1, -0.05) is 61.9 Å². The number of aryl methyl sites for hydroxylation is 1. The number of pyridine rings is 1. The summed E-state index contributed by atoms with van der Waals surface area (Å²) in [5.74, 6) is 3.12. The van der Waals surface area contributed by atoms with Gasteiger partial charge in [-0.3, -0.25) is 4.68 Å². The van der Waals surface area contributed by atoms with Crippen molar-refractivity contribution in [3.63, 3.8) is 0 Å². The molecular formula is C30H39N7O. The maximum absolute atomic E-state index is 6.62. The van der Waals surface area contributed by atoms with Crippen molar-refractivity contribution in [2.24, 2.45) is 16.6 Å². The summed E-state index contributed by atoms with van der Waals surface area (Å²) < 4.78 is 8.07. The Kier molecular flexibility index (Phi) is 7.56. The highest BCUT2D eigenvalue weighted by Gasteiger charge is 2.32. The third kappa shape index (κ3) is 5.69. The molecule has 0 unspecified atom stereocenters. The number of aromatic nitrogens is 4. The molecule has 0 spiro atoms. The minimum atomic E-state index is 0.307. The van der Waals surface area contributed by atoms with Gasteiger partial charge in [-0.05, 0) is 50.2 Å². The highest BCUT2D eigenvalue weighted by Crippen LogP contribution is 2.36. The average Bonchev–Trinajstić information content (AvgIpc) is 3.44. The molecule has 38 heavy (non-hydrogen) atoms. The van der Waals surface area contributed by atoms with E-state index in [0.29, 0.717) is 36.3 Å². The zero-order valence-corrected chi connectivity index (χ0v) is 22.2. The van der Waals surface area contributed by atoms with E-state index in [-0.39, 0.29) is 0 Å². The van der Waals surface area contributed by atoms with Crippen LogP contribution in [0.25, 0.3) is 0 Å². The van der Waals surface area contributed by atoms with Crippen LogP contribution in [-0.4, -0.2) is 36.9 Å². The molecule has 3 aliphatic rings. The van der Waals surface area contributed by atoms with E-state index in [0.717, 1.165) is 30.0 Å². The number of benzene rings is 1. The van der Waals surface area contributed by atoms with Gasteiger partial charge in [0.05, 0.1) is 17.6 Å². The van der Waals surface area contributed by atoms with E-state index in [1.807, 2.05) is 36.4 Å². The Bertz CT molecular complexity index is 1230. The molecule has 2 aromatic heterocycles. The Morgan fingerprint density at radius 2 is 1.74 bits per heavy atom. The molecule has 6 rings (SSSR count). The van der Waals surface area contributed by atoms with Gasteiger partial charge in [-0.25, -0.2) is 9.98 Å². The van der Waals surface area contributed by atoms with Crippen molar-refractivity contribution < 1.29 is 4.74 Å². The van der Waals surface area contributed by atoms with E-state index in [2.05, 4.69) is 31.1 Å². The number of hydrogen-bond acceptors (Lipinski definition) is 7. The van der Waals surface area contributed by atoms with Gasteiger partial charge in [-0.15, -0.1) is 5.10 Å². The minimum absolute atomic E-state index is 0.307. The quantitative estimate of drug-likeness (QED) is 0.379. The summed E-state index contributed by atoms with van der Waals surface area (Å²) >= 11 is 0. The number of para-hydroxylation sites is 1. The van der Waals surface area contributed by atoms with Gasteiger partial charge in [-0.2, -0.15) is 0 Å². The monoisotopic (exact) mass is 513 g/mol. The number of ether oxygens (including phenoxy) is 1. The van der Waals surface area contributed by atoms with Gasteiger partial charge in [0.25, 0.3) is 0 Å². The summed E-state index contributed by atoms with van der Waals surface area (Å²) in [5.41, 5.74) is 9.71. The van der Waals surface area contributed by atoms with E-state index in [4.69, 9.17) is 15.5 Å². The largest absolute Gasteiger partial charge is 0.439 e. The van der Waals surface area contributed by atoms with Gasteiger partial charge < -0.3 is 15.4 Å². The molecule has 0 amide bonds. The maximum Gasteiger partial charge on any atom is 0.219 e. The lowest BCUT2D eigenvalue weighted by Crippen LogP contribution is -2.49. The molecule has 2 saturated carbocycles. The van der Waals surface area contributed by atoms with Crippen LogP contribution in [0.4, 0.5) is 5.69 Å². The lowest BCUT2D eigenvalue weighted by Gasteiger charge is -2.41. The fraction of sp³-hybridized carbons (Fsp3) is 0.533. The van der Waals surface area contributed by atoms with Crippen molar-refractivity contribution in [1.82, 2.24) is 24.9 Å². The lowest BCUT2D eigenvalue weighted by molar-refractivity contribution is 0.158. The molecule has 1 atom stereocenters. The summed E-state index contributed by atoms with van der Waals surface area (Å²) in [4.78, 5) is 11.6. The van der Waals surface area contributed by atoms with Gasteiger partial charge >= 0.3 is 0 Å². The molecule has 2 N–H and O–H groups in total. The van der Waals surface area contributed by atoms with Crippen molar-refractivity contribution in [3.8, 4) is 11.6 Å². The van der Waals surface area contributed by atoms with E-state index < -0.39 is 0 Å². The first-order valence-corrected chi connectivity index (χ1v) is 14.5. The molecule has 0 saturated heterocycles. The molecule has 1 aromatic carbocycles. The minimum Gasteiger partial charge on any atom is -0.439 e. The second kappa shape index (κ2) is 11.5. The van der Waals surface area contributed by atoms with E-state index in [1.165, 1.54) is 69.9 Å². The highest BCUT2D eigenvalue weighted by atomic mass is 16.5. The predicted molar refractivity (Wildman–Crippen MR) is 148 cm³/mol. The topological polar surface area (TPSA) is 94.5 Å². The molecule has 0 bridgehead atoms. The SMILES string of the molecule is NC1=Nc2cnc(Oc3ccccc3)cc2CN1[C@@H](CCn1cc(C2CCCCC2)nn1)C1CCCCC1. The van der Waals surface area contributed by atoms with Crippen LogP contribution in [0, 0.1) is 5.92 Å². The summed E-state index contributed by atoms with van der Waals surface area (Å²) in [6, 6.07) is 12.1. The van der Waals surface area contributed by atoms with Gasteiger partial charge in [0.1, 0.15) is 5.75 Å². The Labute approximate surface area is 225 Å². The van der Waals surface area contributed by atoms with Crippen molar-refractivity contribution >= 4 is 11.6 Å². The summed E-state index contributed by atoms with van der Waals surface area (Å²) in [7, 11) is 0. The van der Waals surface area contributed by atoms with Crippen LogP contribution in [0.5, 0.6) is 11.6 Å². The Balaban J connectivity index is 1.19. The number of aliphatic imine (C=N–C) groups is 1. The van der Waals surface area contributed by atoms with Gasteiger partial charge in [0.15, 0.2) is 5.96 Å². The van der Waals surface area contributed by atoms with Crippen LogP contribution in [0.1, 0.15) is 87.8 Å². The van der Waals surface area contributed by atoms with E-state index >= 15 is 0 Å². The maximum atomic E-state index is 6.62. The molecule has 2 fully saturated rings. The Hall–Kier alpha value is -3.42. The number of guanidine groups is 1. The zero-order chi connectivity index (χ0) is 25.7. The molecule has 0 radical (unpaired) electrons. The predicted octanol–water partition coefficient (Wildman–Crippen LogP) is 6.31. The fourth-order valence-corrected chi connectivity index (χ4v) is 6.54. The fourth-order valence-electron chi connectivity index (χ4n) is 6.54. The molecule has 3 heterocycles. The van der Waals surface area contributed by atoms with Crippen LogP contribution in [0.15, 0.2) is 53.8 Å². The molecule has 1 aliphatic heterocycles. The molecule has 8 nitrogen and oxygen atoms in total. The molecule has 8 heteroatoms. The van der Waals surface area contributed by atoms with Gasteiger partial charge in [0, 0.05) is 42.9 Å². The number of fused-ring (bicyclic) bond motifs is 1. The number of hydrogen-bond donors (Lipinski definition) is 1. The van der Waals surface area contributed by atoms with E-state index in [9.17, 15) is 0 Å². The second-order valence-corrected chi connectivity index (χ2v) is 11.2. The molecule has 200 valence electrons. The molecule has 2 aliphatic carbocycles. The van der Waals surface area contributed by atoms with Crippen LogP contribution in [0.3, 0.4) is 0 Å². The van der Waals surface area contributed by atoms with Crippen molar-refractivity contribution in [3.05, 3.63) is 60.0 Å². The number of nitrogens with two attached hydrogens (primary N) is 1. The number of rotatable bonds is 8. The Morgan fingerprint density at radius 1 is 0.974 bits per heavy atom. The normalized spacial score (nSPS) is 19.6. The van der Waals surface area contributed by atoms with Crippen LogP contribution >= 0.6 is 0 Å². The first-order valence-electron chi connectivity index (χ1n) is 14.5. The second-order valence-electron chi connectivity index (χ2n) is 11.2. The van der Waals surface area contributed by atoms with Crippen LogP contribution in [-0.2, 0) is 13.1 Å². The summed E-state index contributed by atoms with van der Waals surface area (Å²) in [6.45, 7) is 1.56. The standard InChI is InChI=1S/C30H39N7O/c31-30-33-26-19-32-29(38-25-14-8-3-9-15-25)18-24(26)20-37(30)28(23-12-6-2-7-13-23)16-17-36-21-27(34-35-36)22-10-4-1-5-11-22/h3,8-9,14-15,18-19,21-23,28H,1-2,4-7,10-13,16-17,20H2,(H2,31,33)/t28-/m0/s1. The zero-order valence-electron chi connectivity index (χ0n) is 22.2. The first kappa shape index (κ1) is 24.9. The van der Waals surface area contributed by atoms with Crippen molar-refractivity contribution in [2.75, 3.05) is 0 Å². The first-order chi connectivity index (χ1) is 18.7. The summed E-state index contributed by atoms with van der Waals surface area (Å²) in [6.07, 6.45) is 17.8.